The predicted molar refractivity (Wildman–Crippen MR) is 75.6 cm³/mol. The summed E-state index contributed by atoms with van der Waals surface area (Å²) in [5.41, 5.74) is 8.08. The third-order valence-electron chi connectivity index (χ3n) is 2.74. The van der Waals surface area contributed by atoms with E-state index in [1.165, 1.54) is 0 Å². The van der Waals surface area contributed by atoms with Gasteiger partial charge in [-0.05, 0) is 37.0 Å². The summed E-state index contributed by atoms with van der Waals surface area (Å²) < 4.78 is 0. The largest absolute Gasteiger partial charge is 0.398 e. The minimum absolute atomic E-state index is 0.00676. The van der Waals surface area contributed by atoms with Crippen LogP contribution in [0.3, 0.4) is 0 Å². The SMILES string of the molecule is CSCCCN(C)C(=O)c1cccc(C)c1N. The Balaban J connectivity index is 2.71. The van der Waals surface area contributed by atoms with E-state index in [1.807, 2.05) is 26.1 Å². The number of amides is 1. The van der Waals surface area contributed by atoms with Crippen LogP contribution in [0.2, 0.25) is 0 Å². The Morgan fingerprint density at radius 2 is 2.18 bits per heavy atom. The first-order valence-electron chi connectivity index (χ1n) is 5.67. The molecule has 1 rings (SSSR count). The number of hydrogen-bond acceptors (Lipinski definition) is 3. The molecule has 4 heteroatoms. The van der Waals surface area contributed by atoms with Gasteiger partial charge in [-0.2, -0.15) is 11.8 Å². The Hall–Kier alpha value is -1.16. The number of carbonyl (C=O) groups is 1. The lowest BCUT2D eigenvalue weighted by Gasteiger charge is -2.18. The molecule has 0 saturated carbocycles. The van der Waals surface area contributed by atoms with E-state index in [0.29, 0.717) is 11.3 Å². The fourth-order valence-electron chi connectivity index (χ4n) is 1.62. The van der Waals surface area contributed by atoms with Crippen molar-refractivity contribution < 1.29 is 4.79 Å². The van der Waals surface area contributed by atoms with Crippen LogP contribution in [0.4, 0.5) is 5.69 Å². The van der Waals surface area contributed by atoms with Gasteiger partial charge in [0.05, 0.1) is 5.56 Å². The van der Waals surface area contributed by atoms with Crippen LogP contribution >= 0.6 is 11.8 Å². The molecule has 0 aromatic heterocycles. The quantitative estimate of drug-likeness (QED) is 0.646. The molecule has 1 amide bonds. The summed E-state index contributed by atoms with van der Waals surface area (Å²) in [7, 11) is 1.82. The number of nitrogen functional groups attached to an aromatic ring is 1. The number of carbonyl (C=O) groups excluding carboxylic acids is 1. The Morgan fingerprint density at radius 1 is 1.47 bits per heavy atom. The van der Waals surface area contributed by atoms with Crippen molar-refractivity contribution in [3.63, 3.8) is 0 Å². The second-order valence-electron chi connectivity index (χ2n) is 4.11. The van der Waals surface area contributed by atoms with Crippen LogP contribution in [0, 0.1) is 6.92 Å². The highest BCUT2D eigenvalue weighted by Gasteiger charge is 2.14. The maximum absolute atomic E-state index is 12.2. The molecule has 1 aromatic carbocycles. The van der Waals surface area contributed by atoms with Crippen molar-refractivity contribution in [3.05, 3.63) is 29.3 Å². The van der Waals surface area contributed by atoms with Crippen molar-refractivity contribution >= 4 is 23.4 Å². The summed E-state index contributed by atoms with van der Waals surface area (Å²) in [4.78, 5) is 13.9. The number of para-hydroxylation sites is 1. The maximum Gasteiger partial charge on any atom is 0.255 e. The van der Waals surface area contributed by atoms with Crippen molar-refractivity contribution in [2.45, 2.75) is 13.3 Å². The lowest BCUT2D eigenvalue weighted by molar-refractivity contribution is 0.0796. The monoisotopic (exact) mass is 252 g/mol. The van der Waals surface area contributed by atoms with E-state index in [9.17, 15) is 4.79 Å². The van der Waals surface area contributed by atoms with Crippen LogP contribution in [0.1, 0.15) is 22.3 Å². The van der Waals surface area contributed by atoms with E-state index in [1.54, 1.807) is 22.7 Å². The average molecular weight is 252 g/mol. The molecule has 3 nitrogen and oxygen atoms in total. The van der Waals surface area contributed by atoms with Crippen molar-refractivity contribution in [1.82, 2.24) is 4.90 Å². The van der Waals surface area contributed by atoms with E-state index in [-0.39, 0.29) is 5.91 Å². The molecule has 0 heterocycles. The zero-order valence-electron chi connectivity index (χ0n) is 10.7. The Kier molecular flexibility index (Phi) is 5.35. The smallest absolute Gasteiger partial charge is 0.255 e. The van der Waals surface area contributed by atoms with Crippen LogP contribution in [0.15, 0.2) is 18.2 Å². The molecule has 0 aliphatic heterocycles. The highest BCUT2D eigenvalue weighted by molar-refractivity contribution is 7.98. The summed E-state index contributed by atoms with van der Waals surface area (Å²) in [6, 6.07) is 5.57. The van der Waals surface area contributed by atoms with Crippen LogP contribution in [-0.2, 0) is 0 Å². The minimum atomic E-state index is 0.00676. The highest BCUT2D eigenvalue weighted by atomic mass is 32.2. The zero-order valence-corrected chi connectivity index (χ0v) is 11.5. The van der Waals surface area contributed by atoms with Crippen LogP contribution in [0.5, 0.6) is 0 Å². The third-order valence-corrected chi connectivity index (χ3v) is 3.44. The fourth-order valence-corrected chi connectivity index (χ4v) is 2.04. The summed E-state index contributed by atoms with van der Waals surface area (Å²) in [5.74, 6) is 1.08. The van der Waals surface area contributed by atoms with E-state index in [4.69, 9.17) is 5.73 Å². The minimum Gasteiger partial charge on any atom is -0.398 e. The number of hydrogen-bond donors (Lipinski definition) is 1. The number of nitrogens with two attached hydrogens (primary N) is 1. The van der Waals surface area contributed by atoms with E-state index >= 15 is 0 Å². The van der Waals surface area contributed by atoms with Gasteiger partial charge in [0, 0.05) is 19.3 Å². The molecule has 0 atom stereocenters. The Labute approximate surface area is 107 Å². The average Bonchev–Trinajstić information content (AvgIpc) is 2.32. The highest BCUT2D eigenvalue weighted by Crippen LogP contribution is 2.18. The number of thioether (sulfide) groups is 1. The summed E-state index contributed by atoms with van der Waals surface area (Å²) in [6.45, 7) is 2.69. The summed E-state index contributed by atoms with van der Waals surface area (Å²) >= 11 is 1.79. The fraction of sp³-hybridized carbons (Fsp3) is 0.462. The molecular formula is C13H20N2OS. The second-order valence-corrected chi connectivity index (χ2v) is 5.09. The van der Waals surface area contributed by atoms with Gasteiger partial charge in [0.15, 0.2) is 0 Å². The van der Waals surface area contributed by atoms with Gasteiger partial charge in [-0.15, -0.1) is 0 Å². The summed E-state index contributed by atoms with van der Waals surface area (Å²) in [6.07, 6.45) is 3.08. The van der Waals surface area contributed by atoms with E-state index in [2.05, 4.69) is 6.26 Å². The van der Waals surface area contributed by atoms with Gasteiger partial charge in [0.1, 0.15) is 0 Å². The number of benzene rings is 1. The molecule has 17 heavy (non-hydrogen) atoms. The third kappa shape index (κ3) is 3.66. The van der Waals surface area contributed by atoms with Gasteiger partial charge in [-0.1, -0.05) is 12.1 Å². The molecule has 0 aliphatic carbocycles. The summed E-state index contributed by atoms with van der Waals surface area (Å²) in [5, 5.41) is 0. The first kappa shape index (κ1) is 13.9. The maximum atomic E-state index is 12.2. The Bertz CT molecular complexity index is 393. The Morgan fingerprint density at radius 3 is 2.82 bits per heavy atom. The van der Waals surface area contributed by atoms with Crippen molar-refractivity contribution in [3.8, 4) is 0 Å². The molecule has 0 aliphatic rings. The van der Waals surface area contributed by atoms with Gasteiger partial charge in [0.25, 0.3) is 5.91 Å². The van der Waals surface area contributed by atoms with Gasteiger partial charge in [-0.25, -0.2) is 0 Å². The van der Waals surface area contributed by atoms with Crippen LogP contribution in [0.25, 0.3) is 0 Å². The normalized spacial score (nSPS) is 10.3. The standard InChI is InChI=1S/C13H20N2OS/c1-10-6-4-7-11(12(10)14)13(16)15(2)8-5-9-17-3/h4,6-7H,5,8-9,14H2,1-3H3. The lowest BCUT2D eigenvalue weighted by Crippen LogP contribution is -2.28. The molecular weight excluding hydrogens is 232 g/mol. The van der Waals surface area contributed by atoms with Crippen LogP contribution < -0.4 is 5.73 Å². The van der Waals surface area contributed by atoms with Gasteiger partial charge >= 0.3 is 0 Å². The molecule has 2 N–H and O–H groups in total. The van der Waals surface area contributed by atoms with Crippen LogP contribution in [-0.4, -0.2) is 36.4 Å². The van der Waals surface area contributed by atoms with E-state index in [0.717, 1.165) is 24.3 Å². The van der Waals surface area contributed by atoms with Gasteiger partial charge in [-0.3, -0.25) is 4.79 Å². The number of nitrogens with zero attached hydrogens (tertiary/aromatic N) is 1. The van der Waals surface area contributed by atoms with Crippen molar-refractivity contribution in [2.75, 3.05) is 31.3 Å². The second kappa shape index (κ2) is 6.55. The number of rotatable bonds is 5. The molecule has 0 fully saturated rings. The molecule has 94 valence electrons. The predicted octanol–water partition coefficient (Wildman–Crippen LogP) is 2.40. The molecule has 0 spiro atoms. The van der Waals surface area contributed by atoms with Crippen molar-refractivity contribution in [2.24, 2.45) is 0 Å². The van der Waals surface area contributed by atoms with Crippen molar-refractivity contribution in [1.29, 1.82) is 0 Å². The molecule has 0 unspecified atom stereocenters. The number of anilines is 1. The topological polar surface area (TPSA) is 46.3 Å². The molecule has 0 saturated heterocycles. The first-order chi connectivity index (χ1) is 8.07. The van der Waals surface area contributed by atoms with Gasteiger partial charge in [0.2, 0.25) is 0 Å². The van der Waals surface area contributed by atoms with E-state index < -0.39 is 0 Å². The zero-order chi connectivity index (χ0) is 12.8. The first-order valence-corrected chi connectivity index (χ1v) is 7.06. The number of aryl methyl sites for hydroxylation is 1. The molecule has 0 radical (unpaired) electrons. The lowest BCUT2D eigenvalue weighted by atomic mass is 10.1. The molecule has 1 aromatic rings. The molecule has 0 bridgehead atoms. The van der Waals surface area contributed by atoms with Gasteiger partial charge < -0.3 is 10.6 Å².